The van der Waals surface area contributed by atoms with Crippen LogP contribution in [0.3, 0.4) is 0 Å². The minimum atomic E-state index is -3.36. The molecule has 0 saturated carbocycles. The molecular weight excluding hydrogens is 462 g/mol. The van der Waals surface area contributed by atoms with Crippen LogP contribution in [0.25, 0.3) is 0 Å². The van der Waals surface area contributed by atoms with Gasteiger partial charge in [0.25, 0.3) is 11.8 Å². The van der Waals surface area contributed by atoms with E-state index in [1.165, 1.54) is 12.1 Å². The Hall–Kier alpha value is -2.72. The van der Waals surface area contributed by atoms with E-state index in [0.717, 1.165) is 15.6 Å². The third kappa shape index (κ3) is 5.21. The van der Waals surface area contributed by atoms with Crippen LogP contribution in [0.2, 0.25) is 0 Å². The maximum Gasteiger partial charge on any atom is 0.261 e. The number of hydrogen-bond donors (Lipinski definition) is 2. The molecule has 3 amide bonds. The lowest BCUT2D eigenvalue weighted by atomic mass is 10.1. The van der Waals surface area contributed by atoms with E-state index in [2.05, 4.69) is 26.0 Å². The normalized spacial score (nSPS) is 13.4. The van der Waals surface area contributed by atoms with E-state index >= 15 is 0 Å². The summed E-state index contributed by atoms with van der Waals surface area (Å²) in [5.41, 5.74) is 1.63. The number of hydrogen-bond acceptors (Lipinski definition) is 5. The molecule has 0 saturated heterocycles. The highest BCUT2D eigenvalue weighted by Gasteiger charge is 2.35. The predicted molar refractivity (Wildman–Crippen MR) is 112 cm³/mol. The van der Waals surface area contributed by atoms with Gasteiger partial charge in [-0.15, -0.1) is 0 Å². The Labute approximate surface area is 176 Å². The molecule has 3 rings (SSSR count). The first-order valence-corrected chi connectivity index (χ1v) is 11.4. The van der Waals surface area contributed by atoms with Crippen molar-refractivity contribution in [2.45, 2.75) is 12.8 Å². The lowest BCUT2D eigenvalue weighted by Gasteiger charge is -2.13. The number of benzene rings is 2. The zero-order valence-corrected chi connectivity index (χ0v) is 17.8. The van der Waals surface area contributed by atoms with Crippen LogP contribution in [-0.4, -0.2) is 43.8 Å². The molecule has 8 nitrogen and oxygen atoms in total. The molecule has 2 aromatic rings. The topological polar surface area (TPSA) is 113 Å². The van der Waals surface area contributed by atoms with Crippen LogP contribution in [-0.2, 0) is 14.8 Å². The molecule has 10 heteroatoms. The molecule has 2 aromatic carbocycles. The highest BCUT2D eigenvalue weighted by atomic mass is 79.9. The number of fused-ring (bicyclic) bond motifs is 1. The van der Waals surface area contributed by atoms with Gasteiger partial charge in [-0.25, -0.2) is 8.42 Å². The van der Waals surface area contributed by atoms with Crippen molar-refractivity contribution < 1.29 is 22.8 Å². The second-order valence-corrected chi connectivity index (χ2v) is 9.22. The summed E-state index contributed by atoms with van der Waals surface area (Å²) >= 11 is 3.29. The number of sulfonamides is 1. The van der Waals surface area contributed by atoms with Gasteiger partial charge in [0, 0.05) is 28.8 Å². The van der Waals surface area contributed by atoms with Crippen molar-refractivity contribution in [1.29, 1.82) is 0 Å². The summed E-state index contributed by atoms with van der Waals surface area (Å²) in [4.78, 5) is 38.0. The first kappa shape index (κ1) is 21.0. The van der Waals surface area contributed by atoms with Crippen LogP contribution in [0.15, 0.2) is 46.9 Å². The van der Waals surface area contributed by atoms with Crippen LogP contribution in [0.1, 0.15) is 33.6 Å². The van der Waals surface area contributed by atoms with Crippen LogP contribution in [0, 0.1) is 0 Å². The van der Waals surface area contributed by atoms with Crippen molar-refractivity contribution >= 4 is 55.0 Å². The monoisotopic (exact) mass is 479 g/mol. The van der Waals surface area contributed by atoms with Gasteiger partial charge in [-0.2, -0.15) is 0 Å². The summed E-state index contributed by atoms with van der Waals surface area (Å²) in [6.45, 7) is 0.147. The average Bonchev–Trinajstić information content (AvgIpc) is 2.86. The van der Waals surface area contributed by atoms with Gasteiger partial charge < -0.3 is 5.32 Å². The minimum absolute atomic E-state index is 0.125. The van der Waals surface area contributed by atoms with Gasteiger partial charge in [-0.3, -0.25) is 24.0 Å². The molecule has 0 unspecified atom stereocenters. The van der Waals surface area contributed by atoms with Gasteiger partial charge in [0.15, 0.2) is 0 Å². The van der Waals surface area contributed by atoms with E-state index in [1.807, 2.05) is 0 Å². The Morgan fingerprint density at radius 1 is 1.00 bits per heavy atom. The fraction of sp³-hybridized carbons (Fsp3) is 0.211. The average molecular weight is 480 g/mol. The van der Waals surface area contributed by atoms with Crippen molar-refractivity contribution in [3.63, 3.8) is 0 Å². The molecule has 0 fully saturated rings. The third-order valence-corrected chi connectivity index (χ3v) is 5.29. The summed E-state index contributed by atoms with van der Waals surface area (Å²) in [7, 11) is -3.36. The van der Waals surface area contributed by atoms with Crippen molar-refractivity contribution in [1.82, 2.24) is 4.90 Å². The lowest BCUT2D eigenvalue weighted by molar-refractivity contribution is -0.116. The molecule has 0 bridgehead atoms. The van der Waals surface area contributed by atoms with Gasteiger partial charge in [0.05, 0.1) is 17.4 Å². The molecule has 1 aliphatic heterocycles. The zero-order valence-electron chi connectivity index (χ0n) is 15.4. The number of rotatable bonds is 7. The van der Waals surface area contributed by atoms with E-state index in [0.29, 0.717) is 28.9 Å². The molecule has 1 heterocycles. The molecule has 2 N–H and O–H groups in total. The fourth-order valence-corrected chi connectivity index (χ4v) is 3.85. The van der Waals surface area contributed by atoms with Gasteiger partial charge in [0.2, 0.25) is 15.9 Å². The Balaban J connectivity index is 1.50. The van der Waals surface area contributed by atoms with Gasteiger partial charge in [-0.05, 0) is 48.9 Å². The number of carbonyl (C=O) groups is 3. The largest absolute Gasteiger partial charge is 0.326 e. The van der Waals surface area contributed by atoms with E-state index in [4.69, 9.17) is 0 Å². The standard InChI is InChI=1S/C19H18BrN3O5S/c1-29(27,28)22-14-7-5-13(6-8-14)21-17(24)3-2-10-23-18(25)15-9-4-12(20)11-16(15)19(23)26/h4-9,11,22H,2-3,10H2,1H3,(H,21,24). The van der Waals surface area contributed by atoms with E-state index in [-0.39, 0.29) is 30.7 Å². The molecule has 0 aromatic heterocycles. The van der Waals surface area contributed by atoms with Gasteiger partial charge in [-0.1, -0.05) is 15.9 Å². The third-order valence-electron chi connectivity index (χ3n) is 4.19. The molecular formula is C19H18BrN3O5S. The van der Waals surface area contributed by atoms with Crippen molar-refractivity contribution in [3.8, 4) is 0 Å². The Morgan fingerprint density at radius 2 is 1.62 bits per heavy atom. The van der Waals surface area contributed by atoms with Crippen molar-refractivity contribution in [2.24, 2.45) is 0 Å². The quantitative estimate of drug-likeness (QED) is 0.592. The number of carbonyl (C=O) groups excluding carboxylic acids is 3. The fourth-order valence-electron chi connectivity index (χ4n) is 2.92. The Morgan fingerprint density at radius 3 is 2.28 bits per heavy atom. The molecule has 0 radical (unpaired) electrons. The Kier molecular flexibility index (Phi) is 6.04. The van der Waals surface area contributed by atoms with E-state index < -0.39 is 10.0 Å². The first-order valence-electron chi connectivity index (χ1n) is 8.67. The number of anilines is 2. The molecule has 0 spiro atoms. The van der Waals surface area contributed by atoms with Crippen LogP contribution in [0.4, 0.5) is 11.4 Å². The van der Waals surface area contributed by atoms with Crippen LogP contribution in [0.5, 0.6) is 0 Å². The van der Waals surface area contributed by atoms with Crippen molar-refractivity contribution in [3.05, 3.63) is 58.1 Å². The Bertz CT molecular complexity index is 1080. The molecule has 0 aliphatic carbocycles. The van der Waals surface area contributed by atoms with Crippen LogP contribution >= 0.6 is 15.9 Å². The smallest absolute Gasteiger partial charge is 0.261 e. The molecule has 29 heavy (non-hydrogen) atoms. The maximum atomic E-state index is 12.4. The van der Waals surface area contributed by atoms with Crippen molar-refractivity contribution in [2.75, 3.05) is 22.8 Å². The second-order valence-electron chi connectivity index (χ2n) is 6.56. The van der Waals surface area contributed by atoms with E-state index in [9.17, 15) is 22.8 Å². The summed E-state index contributed by atoms with van der Waals surface area (Å²) in [5, 5.41) is 2.69. The minimum Gasteiger partial charge on any atom is -0.326 e. The number of nitrogens with one attached hydrogen (secondary N) is 2. The summed E-state index contributed by atoms with van der Waals surface area (Å²) in [5.74, 6) is -0.985. The van der Waals surface area contributed by atoms with E-state index in [1.54, 1.807) is 30.3 Å². The molecule has 1 aliphatic rings. The summed E-state index contributed by atoms with van der Waals surface area (Å²) in [6, 6.07) is 11.2. The SMILES string of the molecule is CS(=O)(=O)Nc1ccc(NC(=O)CCCN2C(=O)c3ccc(Br)cc3C2=O)cc1. The maximum absolute atomic E-state index is 12.4. The summed E-state index contributed by atoms with van der Waals surface area (Å²) < 4.78 is 25.4. The first-order chi connectivity index (χ1) is 13.6. The number of imide groups is 1. The molecule has 0 atom stereocenters. The highest BCUT2D eigenvalue weighted by Crippen LogP contribution is 2.26. The second kappa shape index (κ2) is 8.34. The summed E-state index contributed by atoms with van der Waals surface area (Å²) in [6.07, 6.45) is 1.50. The van der Waals surface area contributed by atoms with Crippen LogP contribution < -0.4 is 10.0 Å². The number of nitrogens with zero attached hydrogens (tertiary/aromatic N) is 1. The lowest BCUT2D eigenvalue weighted by Crippen LogP contribution is -2.31. The number of amides is 3. The highest BCUT2D eigenvalue weighted by molar-refractivity contribution is 9.10. The van der Waals surface area contributed by atoms with Gasteiger partial charge >= 0.3 is 0 Å². The molecule has 152 valence electrons. The van der Waals surface area contributed by atoms with Gasteiger partial charge in [0.1, 0.15) is 0 Å². The predicted octanol–water partition coefficient (Wildman–Crippen LogP) is 2.84. The number of halogens is 1. The zero-order chi connectivity index (χ0) is 21.2.